The molecule has 1 aromatic rings. The summed E-state index contributed by atoms with van der Waals surface area (Å²) in [5.41, 5.74) is 1.46. The summed E-state index contributed by atoms with van der Waals surface area (Å²) < 4.78 is 0. The largest absolute Gasteiger partial charge is 0.352 e. The summed E-state index contributed by atoms with van der Waals surface area (Å²) in [6, 6.07) is 7.12. The van der Waals surface area contributed by atoms with Gasteiger partial charge in [-0.05, 0) is 62.5 Å². The van der Waals surface area contributed by atoms with Gasteiger partial charge >= 0.3 is 6.03 Å². The van der Waals surface area contributed by atoms with Crippen LogP contribution >= 0.6 is 12.4 Å². The lowest BCUT2D eigenvalue weighted by molar-refractivity contribution is 0.0950. The molecule has 0 aromatic heterocycles. The fraction of sp³-hybridized carbons (Fsp3) is 0.529. The molecule has 0 spiro atoms. The second-order valence-corrected chi connectivity index (χ2v) is 6.19. The SMILES string of the molecule is Cl.O=C(NCCC1CCCNC1)c1ccc(N2CCNC2=O)cc1. The van der Waals surface area contributed by atoms with E-state index in [1.807, 2.05) is 12.1 Å². The van der Waals surface area contributed by atoms with E-state index < -0.39 is 0 Å². The molecular formula is C17H25ClN4O2. The van der Waals surface area contributed by atoms with Crippen molar-refractivity contribution in [1.82, 2.24) is 16.0 Å². The van der Waals surface area contributed by atoms with E-state index in [9.17, 15) is 9.59 Å². The molecule has 0 radical (unpaired) electrons. The van der Waals surface area contributed by atoms with E-state index in [0.29, 0.717) is 31.1 Å². The zero-order valence-corrected chi connectivity index (χ0v) is 14.5. The molecule has 3 amide bonds. The molecule has 0 saturated carbocycles. The predicted molar refractivity (Wildman–Crippen MR) is 97.0 cm³/mol. The minimum absolute atomic E-state index is 0. The average Bonchev–Trinajstić information content (AvgIpc) is 3.02. The first-order valence-electron chi connectivity index (χ1n) is 8.38. The Kier molecular flexibility index (Phi) is 6.87. The van der Waals surface area contributed by atoms with Crippen molar-refractivity contribution in [2.24, 2.45) is 5.92 Å². The number of rotatable bonds is 5. The van der Waals surface area contributed by atoms with Crippen molar-refractivity contribution in [3.63, 3.8) is 0 Å². The zero-order valence-electron chi connectivity index (χ0n) is 13.7. The van der Waals surface area contributed by atoms with Crippen LogP contribution in [0.1, 0.15) is 29.6 Å². The number of carbonyl (C=O) groups is 2. The van der Waals surface area contributed by atoms with E-state index >= 15 is 0 Å². The van der Waals surface area contributed by atoms with E-state index in [1.54, 1.807) is 17.0 Å². The second-order valence-electron chi connectivity index (χ2n) is 6.19. The molecule has 1 aromatic carbocycles. The van der Waals surface area contributed by atoms with Crippen molar-refractivity contribution in [3.05, 3.63) is 29.8 Å². The van der Waals surface area contributed by atoms with Gasteiger partial charge in [-0.25, -0.2) is 4.79 Å². The number of hydrogen-bond acceptors (Lipinski definition) is 3. The third-order valence-corrected chi connectivity index (χ3v) is 4.54. The lowest BCUT2D eigenvalue weighted by Gasteiger charge is -2.22. The van der Waals surface area contributed by atoms with E-state index in [1.165, 1.54) is 12.8 Å². The molecule has 2 fully saturated rings. The Labute approximate surface area is 148 Å². The Bertz CT molecular complexity index is 558. The number of nitrogens with zero attached hydrogens (tertiary/aromatic N) is 1. The third kappa shape index (κ3) is 4.61. The number of benzene rings is 1. The van der Waals surface area contributed by atoms with Gasteiger partial charge in [0.25, 0.3) is 5.91 Å². The lowest BCUT2D eigenvalue weighted by Crippen LogP contribution is -2.33. The summed E-state index contributed by atoms with van der Waals surface area (Å²) in [6.45, 7) is 4.21. The van der Waals surface area contributed by atoms with Crippen LogP contribution in [0.4, 0.5) is 10.5 Å². The number of halogens is 1. The van der Waals surface area contributed by atoms with Crippen molar-refractivity contribution >= 4 is 30.0 Å². The molecule has 132 valence electrons. The van der Waals surface area contributed by atoms with Gasteiger partial charge in [0.15, 0.2) is 0 Å². The van der Waals surface area contributed by atoms with Crippen LogP contribution in [0.2, 0.25) is 0 Å². The number of anilines is 1. The minimum atomic E-state index is -0.0803. The summed E-state index contributed by atoms with van der Waals surface area (Å²) in [5.74, 6) is 0.617. The summed E-state index contributed by atoms with van der Waals surface area (Å²) in [5, 5.41) is 9.14. The topological polar surface area (TPSA) is 73.5 Å². The van der Waals surface area contributed by atoms with Gasteiger partial charge in [-0.3, -0.25) is 9.69 Å². The van der Waals surface area contributed by atoms with Gasteiger partial charge in [0.05, 0.1) is 0 Å². The summed E-state index contributed by atoms with van der Waals surface area (Å²) >= 11 is 0. The van der Waals surface area contributed by atoms with Crippen molar-refractivity contribution in [2.45, 2.75) is 19.3 Å². The van der Waals surface area contributed by atoms with Gasteiger partial charge in [0.1, 0.15) is 0 Å². The molecule has 7 heteroatoms. The van der Waals surface area contributed by atoms with Crippen LogP contribution in [0.15, 0.2) is 24.3 Å². The van der Waals surface area contributed by atoms with Crippen molar-refractivity contribution in [3.8, 4) is 0 Å². The quantitative estimate of drug-likeness (QED) is 0.756. The van der Waals surface area contributed by atoms with Gasteiger partial charge in [-0.15, -0.1) is 12.4 Å². The summed E-state index contributed by atoms with van der Waals surface area (Å²) in [6.07, 6.45) is 3.49. The third-order valence-electron chi connectivity index (χ3n) is 4.54. The number of amides is 3. The molecule has 3 N–H and O–H groups in total. The molecule has 2 aliphatic heterocycles. The second kappa shape index (κ2) is 8.89. The summed E-state index contributed by atoms with van der Waals surface area (Å²) in [7, 11) is 0. The Hall–Kier alpha value is -1.79. The van der Waals surface area contributed by atoms with Crippen molar-refractivity contribution in [2.75, 3.05) is 37.6 Å². The Morgan fingerprint density at radius 1 is 1.25 bits per heavy atom. The van der Waals surface area contributed by atoms with Crippen LogP contribution < -0.4 is 20.9 Å². The maximum atomic E-state index is 12.2. The maximum absolute atomic E-state index is 12.2. The lowest BCUT2D eigenvalue weighted by atomic mass is 9.96. The first-order chi connectivity index (χ1) is 11.2. The van der Waals surface area contributed by atoms with Crippen LogP contribution in [-0.4, -0.2) is 44.7 Å². The number of carbonyl (C=O) groups excluding carboxylic acids is 2. The average molecular weight is 353 g/mol. The molecule has 24 heavy (non-hydrogen) atoms. The number of piperidine rings is 1. The van der Waals surface area contributed by atoms with Gasteiger partial charge < -0.3 is 16.0 Å². The minimum Gasteiger partial charge on any atom is -0.352 e. The highest BCUT2D eigenvalue weighted by Crippen LogP contribution is 2.17. The Morgan fingerprint density at radius 2 is 2.04 bits per heavy atom. The molecule has 2 saturated heterocycles. The van der Waals surface area contributed by atoms with Gasteiger partial charge in [-0.1, -0.05) is 0 Å². The van der Waals surface area contributed by atoms with Gasteiger partial charge in [-0.2, -0.15) is 0 Å². The van der Waals surface area contributed by atoms with Crippen LogP contribution in [0.5, 0.6) is 0 Å². The molecule has 0 bridgehead atoms. The van der Waals surface area contributed by atoms with Crippen LogP contribution in [-0.2, 0) is 0 Å². The smallest absolute Gasteiger partial charge is 0.321 e. The molecule has 6 nitrogen and oxygen atoms in total. The maximum Gasteiger partial charge on any atom is 0.321 e. The van der Waals surface area contributed by atoms with E-state index in [0.717, 1.165) is 25.2 Å². The monoisotopic (exact) mass is 352 g/mol. The zero-order chi connectivity index (χ0) is 16.1. The Balaban J connectivity index is 0.00000208. The van der Waals surface area contributed by atoms with Crippen LogP contribution in [0, 0.1) is 5.92 Å². The normalized spacial score (nSPS) is 20.2. The van der Waals surface area contributed by atoms with Crippen LogP contribution in [0.25, 0.3) is 0 Å². The molecule has 1 unspecified atom stereocenters. The van der Waals surface area contributed by atoms with E-state index in [-0.39, 0.29) is 24.3 Å². The molecule has 2 heterocycles. The van der Waals surface area contributed by atoms with E-state index in [2.05, 4.69) is 16.0 Å². The summed E-state index contributed by atoms with van der Waals surface area (Å²) in [4.78, 5) is 25.5. The highest BCUT2D eigenvalue weighted by Gasteiger charge is 2.21. The highest BCUT2D eigenvalue weighted by atomic mass is 35.5. The van der Waals surface area contributed by atoms with Crippen LogP contribution in [0.3, 0.4) is 0 Å². The first kappa shape index (κ1) is 18.5. The van der Waals surface area contributed by atoms with Crippen molar-refractivity contribution in [1.29, 1.82) is 0 Å². The number of urea groups is 1. The van der Waals surface area contributed by atoms with Gasteiger partial charge in [0, 0.05) is 30.9 Å². The molecule has 3 rings (SSSR count). The number of hydrogen-bond donors (Lipinski definition) is 3. The standard InChI is InChI=1S/C17H24N4O2.ClH/c22-16(19-9-7-13-2-1-8-18-12-13)14-3-5-15(6-4-14)21-11-10-20-17(21)23;/h3-6,13,18H,1-2,7-12H2,(H,19,22)(H,20,23);1H. The van der Waals surface area contributed by atoms with Crippen molar-refractivity contribution < 1.29 is 9.59 Å². The molecule has 1 atom stereocenters. The Morgan fingerprint density at radius 3 is 2.67 bits per heavy atom. The van der Waals surface area contributed by atoms with Gasteiger partial charge in [0.2, 0.25) is 0 Å². The molecule has 0 aliphatic carbocycles. The van der Waals surface area contributed by atoms with E-state index in [4.69, 9.17) is 0 Å². The first-order valence-corrected chi connectivity index (χ1v) is 8.38. The molecule has 2 aliphatic rings. The number of nitrogens with one attached hydrogen (secondary N) is 3. The fourth-order valence-electron chi connectivity index (χ4n) is 3.17. The highest BCUT2D eigenvalue weighted by molar-refractivity contribution is 5.96. The fourth-order valence-corrected chi connectivity index (χ4v) is 3.17. The predicted octanol–water partition coefficient (Wildman–Crippen LogP) is 1.76. The molecular weight excluding hydrogens is 328 g/mol.